The lowest BCUT2D eigenvalue weighted by atomic mass is 10.1. The van der Waals surface area contributed by atoms with Gasteiger partial charge in [-0.05, 0) is 57.1 Å². The van der Waals surface area contributed by atoms with E-state index in [-0.39, 0.29) is 24.1 Å². The summed E-state index contributed by atoms with van der Waals surface area (Å²) < 4.78 is 5.43. The molecule has 0 saturated carbocycles. The number of carbonyl (C=O) groups is 3. The van der Waals surface area contributed by atoms with Crippen LogP contribution in [0.25, 0.3) is 0 Å². The van der Waals surface area contributed by atoms with Gasteiger partial charge in [0.05, 0.1) is 31.3 Å². The molecule has 3 saturated heterocycles. The van der Waals surface area contributed by atoms with Crippen molar-refractivity contribution in [2.75, 3.05) is 57.3 Å². The predicted octanol–water partition coefficient (Wildman–Crippen LogP) is 0.957. The van der Waals surface area contributed by atoms with Gasteiger partial charge >= 0.3 is 0 Å². The fourth-order valence-corrected chi connectivity index (χ4v) is 4.55. The molecule has 1 atom stereocenters. The average Bonchev–Trinajstić information content (AvgIpc) is 3.36. The van der Waals surface area contributed by atoms with Crippen LogP contribution in [0.2, 0.25) is 0 Å². The van der Waals surface area contributed by atoms with Crippen molar-refractivity contribution >= 4 is 23.4 Å². The van der Waals surface area contributed by atoms with Crippen molar-refractivity contribution < 1.29 is 19.1 Å². The highest BCUT2D eigenvalue weighted by Crippen LogP contribution is 2.28. The molecule has 0 aliphatic carbocycles. The molecule has 3 aliphatic heterocycles. The minimum atomic E-state index is -0.445. The van der Waals surface area contributed by atoms with Gasteiger partial charge in [0.2, 0.25) is 11.8 Å². The van der Waals surface area contributed by atoms with Gasteiger partial charge in [-0.15, -0.1) is 0 Å². The van der Waals surface area contributed by atoms with Gasteiger partial charge in [0.1, 0.15) is 5.75 Å². The van der Waals surface area contributed by atoms with Crippen LogP contribution in [0.15, 0.2) is 24.3 Å². The number of rotatable bonds is 6. The first-order valence-corrected chi connectivity index (χ1v) is 10.9. The molecular weight excluding hydrogens is 384 g/mol. The van der Waals surface area contributed by atoms with Crippen LogP contribution < -0.4 is 9.64 Å². The number of ether oxygens (including phenoxy) is 1. The van der Waals surface area contributed by atoms with E-state index in [2.05, 4.69) is 9.80 Å². The third-order valence-electron chi connectivity index (χ3n) is 6.19. The number of carbonyl (C=O) groups excluding carboxylic acids is 3. The summed E-state index contributed by atoms with van der Waals surface area (Å²) in [5, 5.41) is 0. The summed E-state index contributed by atoms with van der Waals surface area (Å²) in [7, 11) is 0. The van der Waals surface area contributed by atoms with E-state index >= 15 is 0 Å². The molecule has 30 heavy (non-hydrogen) atoms. The number of hydrogen-bond donors (Lipinski definition) is 0. The molecular formula is C22H30N4O4. The predicted molar refractivity (Wildman–Crippen MR) is 112 cm³/mol. The second-order valence-electron chi connectivity index (χ2n) is 8.11. The number of piperazine rings is 1. The zero-order chi connectivity index (χ0) is 21.1. The van der Waals surface area contributed by atoms with Crippen LogP contribution in [-0.4, -0.2) is 90.9 Å². The third kappa shape index (κ3) is 4.34. The Labute approximate surface area is 177 Å². The Bertz CT molecular complexity index is 783. The fourth-order valence-electron chi connectivity index (χ4n) is 4.55. The minimum absolute atomic E-state index is 0.168. The summed E-state index contributed by atoms with van der Waals surface area (Å²) in [5.74, 6) is 0.524. The molecule has 0 bridgehead atoms. The number of amides is 3. The fraction of sp³-hybridized carbons (Fsp3) is 0.591. The van der Waals surface area contributed by atoms with Crippen molar-refractivity contribution in [1.82, 2.24) is 14.7 Å². The molecule has 1 aromatic rings. The molecule has 4 rings (SSSR count). The van der Waals surface area contributed by atoms with Gasteiger partial charge in [-0.1, -0.05) is 0 Å². The molecule has 3 fully saturated rings. The second kappa shape index (κ2) is 9.14. The summed E-state index contributed by atoms with van der Waals surface area (Å²) in [6.07, 6.45) is 2.53. The monoisotopic (exact) mass is 414 g/mol. The molecule has 0 radical (unpaired) electrons. The molecule has 0 N–H and O–H groups in total. The first kappa shape index (κ1) is 20.8. The van der Waals surface area contributed by atoms with Gasteiger partial charge in [0, 0.05) is 26.2 Å². The standard InChI is InChI=1S/C22H30N4O4/c1-2-30-18-7-5-17(6-8-18)26-20(27)15-19(22(26)29)24-11-13-25(14-12-24)21(28)16-23-9-3-4-10-23/h5-8,19H,2-4,9-16H2,1H3/t19-/m1/s1. The van der Waals surface area contributed by atoms with Crippen LogP contribution in [0.4, 0.5) is 5.69 Å². The van der Waals surface area contributed by atoms with E-state index in [0.717, 1.165) is 13.1 Å². The first-order chi connectivity index (χ1) is 14.6. The highest BCUT2D eigenvalue weighted by Gasteiger charge is 2.43. The topological polar surface area (TPSA) is 73.4 Å². The van der Waals surface area contributed by atoms with E-state index in [1.54, 1.807) is 24.3 Å². The zero-order valence-corrected chi connectivity index (χ0v) is 17.6. The lowest BCUT2D eigenvalue weighted by Crippen LogP contribution is -2.55. The van der Waals surface area contributed by atoms with Crippen LogP contribution in [0, 0.1) is 0 Å². The van der Waals surface area contributed by atoms with E-state index in [1.807, 2.05) is 11.8 Å². The molecule has 0 spiro atoms. The smallest absolute Gasteiger partial charge is 0.251 e. The highest BCUT2D eigenvalue weighted by molar-refractivity contribution is 6.22. The number of anilines is 1. The molecule has 162 valence electrons. The zero-order valence-electron chi connectivity index (χ0n) is 17.6. The van der Waals surface area contributed by atoms with Gasteiger partial charge in [-0.25, -0.2) is 4.90 Å². The molecule has 1 aromatic carbocycles. The molecule has 0 aromatic heterocycles. The van der Waals surface area contributed by atoms with E-state index in [0.29, 0.717) is 50.8 Å². The maximum absolute atomic E-state index is 13.0. The first-order valence-electron chi connectivity index (χ1n) is 10.9. The Hall–Kier alpha value is -2.45. The van der Waals surface area contributed by atoms with Gasteiger partial charge < -0.3 is 9.64 Å². The summed E-state index contributed by atoms with van der Waals surface area (Å²) in [6, 6.07) is 6.60. The minimum Gasteiger partial charge on any atom is -0.494 e. The number of benzene rings is 1. The summed E-state index contributed by atoms with van der Waals surface area (Å²) >= 11 is 0. The Kier molecular flexibility index (Phi) is 6.34. The number of nitrogens with zero attached hydrogens (tertiary/aromatic N) is 4. The Morgan fingerprint density at radius 2 is 1.67 bits per heavy atom. The maximum atomic E-state index is 13.0. The van der Waals surface area contributed by atoms with Gasteiger partial charge in [0.15, 0.2) is 0 Å². The Morgan fingerprint density at radius 3 is 2.30 bits per heavy atom. The van der Waals surface area contributed by atoms with Gasteiger partial charge in [-0.3, -0.25) is 24.2 Å². The van der Waals surface area contributed by atoms with Crippen LogP contribution >= 0.6 is 0 Å². The molecule has 8 nitrogen and oxygen atoms in total. The van der Waals surface area contributed by atoms with Crippen molar-refractivity contribution in [3.05, 3.63) is 24.3 Å². The van der Waals surface area contributed by atoms with E-state index in [9.17, 15) is 14.4 Å². The highest BCUT2D eigenvalue weighted by atomic mass is 16.5. The van der Waals surface area contributed by atoms with Crippen LogP contribution in [0.1, 0.15) is 26.2 Å². The van der Waals surface area contributed by atoms with Crippen LogP contribution in [0.5, 0.6) is 5.75 Å². The van der Waals surface area contributed by atoms with E-state index in [1.165, 1.54) is 17.7 Å². The number of imide groups is 1. The Balaban J connectivity index is 1.33. The number of likely N-dealkylation sites (tertiary alicyclic amines) is 1. The molecule has 3 aliphatic rings. The lowest BCUT2D eigenvalue weighted by Gasteiger charge is -2.37. The van der Waals surface area contributed by atoms with E-state index < -0.39 is 6.04 Å². The van der Waals surface area contributed by atoms with Crippen molar-refractivity contribution in [2.45, 2.75) is 32.2 Å². The van der Waals surface area contributed by atoms with Crippen molar-refractivity contribution in [3.8, 4) is 5.75 Å². The molecule has 0 unspecified atom stereocenters. The molecule has 3 heterocycles. The lowest BCUT2D eigenvalue weighted by molar-refractivity contribution is -0.134. The van der Waals surface area contributed by atoms with Crippen molar-refractivity contribution in [3.63, 3.8) is 0 Å². The van der Waals surface area contributed by atoms with Gasteiger partial charge in [0.25, 0.3) is 5.91 Å². The van der Waals surface area contributed by atoms with Crippen molar-refractivity contribution in [1.29, 1.82) is 0 Å². The quantitative estimate of drug-likeness (QED) is 0.646. The van der Waals surface area contributed by atoms with Crippen molar-refractivity contribution in [2.24, 2.45) is 0 Å². The molecule has 8 heteroatoms. The average molecular weight is 415 g/mol. The number of hydrogen-bond acceptors (Lipinski definition) is 6. The second-order valence-corrected chi connectivity index (χ2v) is 8.11. The third-order valence-corrected chi connectivity index (χ3v) is 6.19. The van der Waals surface area contributed by atoms with E-state index in [4.69, 9.17) is 4.74 Å². The summed E-state index contributed by atoms with van der Waals surface area (Å²) in [4.78, 5) is 45.6. The summed E-state index contributed by atoms with van der Waals surface area (Å²) in [6.45, 7) is 7.42. The van der Waals surface area contributed by atoms with Crippen LogP contribution in [-0.2, 0) is 14.4 Å². The van der Waals surface area contributed by atoms with Crippen LogP contribution in [0.3, 0.4) is 0 Å². The normalized spacial score (nSPS) is 23.4. The molecule has 3 amide bonds. The largest absolute Gasteiger partial charge is 0.494 e. The maximum Gasteiger partial charge on any atom is 0.251 e. The summed E-state index contributed by atoms with van der Waals surface area (Å²) in [5.41, 5.74) is 0.579. The Morgan fingerprint density at radius 1 is 1.00 bits per heavy atom. The SMILES string of the molecule is CCOc1ccc(N2C(=O)C[C@@H](N3CCN(C(=O)CN4CCCC4)CC3)C2=O)cc1. The van der Waals surface area contributed by atoms with Gasteiger partial charge in [-0.2, -0.15) is 0 Å².